The number of nitro groups is 1. The second-order valence-electron chi connectivity index (χ2n) is 5.28. The predicted molar refractivity (Wildman–Crippen MR) is 82.5 cm³/mol. The van der Waals surface area contributed by atoms with E-state index in [1.807, 2.05) is 6.07 Å². The van der Waals surface area contributed by atoms with E-state index in [1.54, 1.807) is 0 Å². The van der Waals surface area contributed by atoms with Crippen LogP contribution in [0.1, 0.15) is 24.2 Å². The number of nitrogens with two attached hydrogens (primary N) is 1. The molecule has 118 valence electrons. The van der Waals surface area contributed by atoms with Crippen LogP contribution in [0.4, 0.5) is 11.5 Å². The van der Waals surface area contributed by atoms with E-state index < -0.39 is 22.0 Å². The molecule has 10 heteroatoms. The third-order valence-electron chi connectivity index (χ3n) is 3.80. The van der Waals surface area contributed by atoms with E-state index >= 15 is 0 Å². The predicted octanol–water partition coefficient (Wildman–Crippen LogP) is 1.78. The molecule has 0 unspecified atom stereocenters. The summed E-state index contributed by atoms with van der Waals surface area (Å²) in [6, 6.07) is 1.91. The lowest BCUT2D eigenvalue weighted by Gasteiger charge is -2.07. The van der Waals surface area contributed by atoms with Gasteiger partial charge in [-0.1, -0.05) is 11.3 Å². The molecule has 0 aliphatic heterocycles. The highest BCUT2D eigenvalue weighted by molar-refractivity contribution is 7.19. The molecule has 23 heavy (non-hydrogen) atoms. The van der Waals surface area contributed by atoms with Crippen molar-refractivity contribution < 1.29 is 9.34 Å². The van der Waals surface area contributed by atoms with E-state index in [0.29, 0.717) is 10.8 Å². The first kappa shape index (κ1) is 13.9. The first-order valence-corrected chi connectivity index (χ1v) is 7.82. The summed E-state index contributed by atoms with van der Waals surface area (Å²) in [7, 11) is 0. The molecule has 0 amide bonds. The van der Waals surface area contributed by atoms with Crippen LogP contribution in [0.5, 0.6) is 0 Å². The Bertz CT molecular complexity index is 978. The number of nitrogen functional groups attached to an aromatic ring is 1. The van der Waals surface area contributed by atoms with Crippen molar-refractivity contribution in [1.82, 2.24) is 14.6 Å². The largest absolute Gasteiger partial charge is 0.458 e. The number of fused-ring (bicyclic) bond motifs is 2. The zero-order valence-electron chi connectivity index (χ0n) is 11.8. The summed E-state index contributed by atoms with van der Waals surface area (Å²) in [6.45, 7) is 0. The van der Waals surface area contributed by atoms with Crippen molar-refractivity contribution in [2.24, 2.45) is 0 Å². The fourth-order valence-corrected chi connectivity index (χ4v) is 3.57. The van der Waals surface area contributed by atoms with Crippen molar-refractivity contribution in [3.63, 3.8) is 0 Å². The Morgan fingerprint density at radius 2 is 2.17 bits per heavy atom. The Morgan fingerprint density at radius 3 is 2.91 bits per heavy atom. The second kappa shape index (κ2) is 4.88. The Morgan fingerprint density at radius 1 is 1.39 bits per heavy atom. The maximum Gasteiger partial charge on any atom is 0.377 e. The fourth-order valence-electron chi connectivity index (χ4n) is 2.72. The number of hydrogen-bond acceptors (Lipinski definition) is 8. The highest BCUT2D eigenvalue weighted by Crippen LogP contribution is 2.32. The molecule has 9 nitrogen and oxygen atoms in total. The van der Waals surface area contributed by atoms with Crippen LogP contribution in [0.25, 0.3) is 15.7 Å². The van der Waals surface area contributed by atoms with Gasteiger partial charge in [0.2, 0.25) is 10.8 Å². The van der Waals surface area contributed by atoms with Gasteiger partial charge < -0.3 is 10.2 Å². The van der Waals surface area contributed by atoms with Gasteiger partial charge in [0.1, 0.15) is 5.76 Å². The highest BCUT2D eigenvalue weighted by Gasteiger charge is 2.25. The van der Waals surface area contributed by atoms with Gasteiger partial charge in [0.25, 0.3) is 0 Å². The summed E-state index contributed by atoms with van der Waals surface area (Å²) >= 11 is 1.11. The monoisotopic (exact) mass is 333 g/mol. The summed E-state index contributed by atoms with van der Waals surface area (Å²) < 4.78 is 6.71. The van der Waals surface area contributed by atoms with E-state index in [9.17, 15) is 14.9 Å². The normalized spacial score (nSPS) is 14.1. The Kier molecular flexibility index (Phi) is 2.94. The van der Waals surface area contributed by atoms with Crippen molar-refractivity contribution in [1.29, 1.82) is 0 Å². The summed E-state index contributed by atoms with van der Waals surface area (Å²) in [5.74, 6) is 1.08. The molecule has 0 spiro atoms. The smallest absolute Gasteiger partial charge is 0.377 e. The van der Waals surface area contributed by atoms with Gasteiger partial charge in [-0.25, -0.2) is 0 Å². The summed E-state index contributed by atoms with van der Waals surface area (Å²) in [4.78, 5) is 26.3. The standard InChI is InChI=1S/C13H11N5O4S/c14-10-9(18(20)21)12(19)17-13(15-10)23-11(16-17)8-5-6-3-1-2-4-7(6)22-8/h5H,1-4,14H2. The number of aromatic nitrogens is 3. The molecule has 3 aromatic heterocycles. The van der Waals surface area contributed by atoms with Crippen LogP contribution in [0.3, 0.4) is 0 Å². The third kappa shape index (κ3) is 2.10. The van der Waals surface area contributed by atoms with Gasteiger partial charge in [0.15, 0.2) is 10.8 Å². The molecule has 1 aliphatic rings. The number of anilines is 1. The first-order chi connectivity index (χ1) is 11.0. The van der Waals surface area contributed by atoms with Crippen LogP contribution in [-0.2, 0) is 12.8 Å². The van der Waals surface area contributed by atoms with Gasteiger partial charge in [0, 0.05) is 6.42 Å². The molecule has 3 heterocycles. The van der Waals surface area contributed by atoms with Crippen molar-refractivity contribution in [3.05, 3.63) is 37.9 Å². The van der Waals surface area contributed by atoms with Gasteiger partial charge in [-0.3, -0.25) is 14.9 Å². The van der Waals surface area contributed by atoms with Gasteiger partial charge >= 0.3 is 11.2 Å². The molecule has 0 aromatic carbocycles. The zero-order valence-corrected chi connectivity index (χ0v) is 12.6. The Balaban J connectivity index is 1.89. The Hall–Kier alpha value is -2.75. The lowest BCUT2D eigenvalue weighted by molar-refractivity contribution is -0.385. The van der Waals surface area contributed by atoms with Gasteiger partial charge in [-0.2, -0.15) is 9.50 Å². The van der Waals surface area contributed by atoms with Crippen LogP contribution in [0, 0.1) is 10.1 Å². The van der Waals surface area contributed by atoms with Crippen molar-refractivity contribution in [2.75, 3.05) is 5.73 Å². The molecule has 3 aromatic rings. The minimum atomic E-state index is -0.892. The van der Waals surface area contributed by atoms with Gasteiger partial charge in [-0.15, -0.1) is 5.10 Å². The van der Waals surface area contributed by atoms with Crippen LogP contribution in [0.15, 0.2) is 15.3 Å². The molecule has 0 saturated heterocycles. The van der Waals surface area contributed by atoms with Crippen LogP contribution in [0.2, 0.25) is 0 Å². The Labute approximate surface area is 132 Å². The number of aryl methyl sites for hydroxylation is 2. The number of nitrogens with zero attached hydrogens (tertiary/aromatic N) is 4. The molecular weight excluding hydrogens is 322 g/mol. The molecule has 4 rings (SSSR count). The van der Waals surface area contributed by atoms with E-state index in [2.05, 4.69) is 10.1 Å². The van der Waals surface area contributed by atoms with E-state index in [1.165, 1.54) is 0 Å². The van der Waals surface area contributed by atoms with Crippen LogP contribution in [-0.4, -0.2) is 19.5 Å². The van der Waals surface area contributed by atoms with E-state index in [4.69, 9.17) is 10.2 Å². The van der Waals surface area contributed by atoms with Crippen molar-refractivity contribution >= 4 is 27.8 Å². The maximum atomic E-state index is 12.1. The molecule has 0 saturated carbocycles. The quantitative estimate of drug-likeness (QED) is 0.558. The number of furan rings is 1. The summed E-state index contributed by atoms with van der Waals surface area (Å²) in [6.07, 6.45) is 4.05. The molecule has 0 bridgehead atoms. The second-order valence-corrected chi connectivity index (χ2v) is 6.23. The van der Waals surface area contributed by atoms with Crippen molar-refractivity contribution in [2.45, 2.75) is 25.7 Å². The minimum Gasteiger partial charge on any atom is -0.458 e. The average molecular weight is 333 g/mol. The SMILES string of the molecule is Nc1nc2sc(-c3cc4c(o3)CCCC4)nn2c(=O)c1[N+](=O)[O-]. The molecule has 0 fully saturated rings. The third-order valence-corrected chi connectivity index (χ3v) is 4.73. The average Bonchev–Trinajstić information content (AvgIpc) is 3.09. The zero-order chi connectivity index (χ0) is 16.1. The molecule has 0 radical (unpaired) electrons. The molecular formula is C13H11N5O4S. The molecule has 0 atom stereocenters. The fraction of sp³-hybridized carbons (Fsp3) is 0.308. The lowest BCUT2D eigenvalue weighted by Crippen LogP contribution is -2.20. The highest BCUT2D eigenvalue weighted by atomic mass is 32.1. The minimum absolute atomic E-state index is 0.197. The molecule has 2 N–H and O–H groups in total. The number of rotatable bonds is 2. The summed E-state index contributed by atoms with van der Waals surface area (Å²) in [5, 5.41) is 15.5. The topological polar surface area (TPSA) is 130 Å². The van der Waals surface area contributed by atoms with E-state index in [0.717, 1.165) is 52.9 Å². The molecule has 1 aliphatic carbocycles. The summed E-state index contributed by atoms with van der Waals surface area (Å²) in [5.41, 5.74) is 5.00. The van der Waals surface area contributed by atoms with Gasteiger partial charge in [-0.05, 0) is 30.9 Å². The van der Waals surface area contributed by atoms with Gasteiger partial charge in [0.05, 0.1) is 4.92 Å². The van der Waals surface area contributed by atoms with Crippen LogP contribution >= 0.6 is 11.3 Å². The maximum absolute atomic E-state index is 12.1. The lowest BCUT2D eigenvalue weighted by atomic mass is 9.99. The first-order valence-electron chi connectivity index (χ1n) is 7.00. The van der Waals surface area contributed by atoms with Crippen LogP contribution < -0.4 is 11.3 Å². The number of hydrogen-bond donors (Lipinski definition) is 1. The van der Waals surface area contributed by atoms with Crippen molar-refractivity contribution in [3.8, 4) is 10.8 Å². The van der Waals surface area contributed by atoms with E-state index in [-0.39, 0.29) is 4.96 Å².